The number of methoxy groups -OCH3 is 1. The van der Waals surface area contributed by atoms with Crippen LogP contribution in [0.5, 0.6) is 5.75 Å². The maximum absolute atomic E-state index is 11.8. The Bertz CT molecular complexity index is 526. The largest absolute Gasteiger partial charge is 0.497 e. The Hall–Kier alpha value is -2.24. The number of carbonyl (C=O) groups is 1. The predicted molar refractivity (Wildman–Crippen MR) is 98.4 cm³/mol. The molecule has 0 fully saturated rings. The minimum Gasteiger partial charge on any atom is -0.497 e. The van der Waals surface area contributed by atoms with Gasteiger partial charge >= 0.3 is 0 Å². The van der Waals surface area contributed by atoms with Crippen molar-refractivity contribution in [1.29, 1.82) is 0 Å². The van der Waals surface area contributed by atoms with Crippen molar-refractivity contribution < 1.29 is 9.53 Å². The molecule has 0 aliphatic heterocycles. The SMILES string of the molecule is CCCCN(C)C(=NCc1ccc(OC)cc1)NCC(=O)N(C)C. The molecule has 0 aromatic heterocycles. The molecule has 0 saturated carbocycles. The number of nitrogens with one attached hydrogen (secondary N) is 1. The number of hydrogen-bond acceptors (Lipinski definition) is 3. The summed E-state index contributed by atoms with van der Waals surface area (Å²) >= 11 is 0. The summed E-state index contributed by atoms with van der Waals surface area (Å²) in [7, 11) is 7.15. The molecule has 0 aliphatic rings. The van der Waals surface area contributed by atoms with Gasteiger partial charge in [-0.25, -0.2) is 4.99 Å². The van der Waals surface area contributed by atoms with Crippen LogP contribution in [-0.2, 0) is 11.3 Å². The first-order chi connectivity index (χ1) is 11.5. The second kappa shape index (κ2) is 10.5. The van der Waals surface area contributed by atoms with E-state index in [2.05, 4.69) is 22.1 Å². The van der Waals surface area contributed by atoms with E-state index in [0.717, 1.165) is 36.7 Å². The van der Waals surface area contributed by atoms with Gasteiger partial charge in [0.2, 0.25) is 5.91 Å². The highest BCUT2D eigenvalue weighted by Crippen LogP contribution is 2.12. The first-order valence-corrected chi connectivity index (χ1v) is 8.30. The summed E-state index contributed by atoms with van der Waals surface area (Å²) in [6.07, 6.45) is 2.20. The Labute approximate surface area is 145 Å². The van der Waals surface area contributed by atoms with Gasteiger partial charge in [0.1, 0.15) is 5.75 Å². The Balaban J connectivity index is 2.75. The van der Waals surface area contributed by atoms with Crippen LogP contribution < -0.4 is 10.1 Å². The molecule has 6 heteroatoms. The number of rotatable bonds is 8. The highest BCUT2D eigenvalue weighted by atomic mass is 16.5. The van der Waals surface area contributed by atoms with Gasteiger partial charge in [-0.15, -0.1) is 0 Å². The Morgan fingerprint density at radius 3 is 2.42 bits per heavy atom. The van der Waals surface area contributed by atoms with E-state index in [1.54, 1.807) is 26.1 Å². The molecule has 0 atom stereocenters. The van der Waals surface area contributed by atoms with Crippen LogP contribution in [0.3, 0.4) is 0 Å². The smallest absolute Gasteiger partial charge is 0.241 e. The number of likely N-dealkylation sites (N-methyl/N-ethyl adjacent to an activating group) is 1. The summed E-state index contributed by atoms with van der Waals surface area (Å²) in [6.45, 7) is 3.86. The molecule has 24 heavy (non-hydrogen) atoms. The lowest BCUT2D eigenvalue weighted by atomic mass is 10.2. The van der Waals surface area contributed by atoms with E-state index in [1.807, 2.05) is 31.3 Å². The Morgan fingerprint density at radius 1 is 1.21 bits per heavy atom. The molecule has 0 bridgehead atoms. The summed E-state index contributed by atoms with van der Waals surface area (Å²) in [5, 5.41) is 3.16. The zero-order chi connectivity index (χ0) is 17.9. The van der Waals surface area contributed by atoms with Crippen LogP contribution in [0.25, 0.3) is 0 Å². The van der Waals surface area contributed by atoms with E-state index in [4.69, 9.17) is 4.74 Å². The number of hydrogen-bond donors (Lipinski definition) is 1. The molecule has 0 radical (unpaired) electrons. The number of carbonyl (C=O) groups excluding carboxylic acids is 1. The lowest BCUT2D eigenvalue weighted by Crippen LogP contribution is -2.44. The van der Waals surface area contributed by atoms with Crippen LogP contribution in [0.15, 0.2) is 29.3 Å². The number of nitrogens with zero attached hydrogens (tertiary/aromatic N) is 3. The Kier molecular flexibility index (Phi) is 8.68. The van der Waals surface area contributed by atoms with Gasteiger partial charge in [-0.2, -0.15) is 0 Å². The molecule has 6 nitrogen and oxygen atoms in total. The number of ether oxygens (including phenoxy) is 1. The van der Waals surface area contributed by atoms with Gasteiger partial charge in [-0.3, -0.25) is 4.79 Å². The quantitative estimate of drug-likeness (QED) is 0.583. The van der Waals surface area contributed by atoms with Crippen molar-refractivity contribution in [3.63, 3.8) is 0 Å². The minimum absolute atomic E-state index is 0.0241. The molecule has 134 valence electrons. The van der Waals surface area contributed by atoms with Gasteiger partial charge in [0, 0.05) is 27.7 Å². The molecule has 0 aliphatic carbocycles. The Morgan fingerprint density at radius 2 is 1.88 bits per heavy atom. The summed E-state index contributed by atoms with van der Waals surface area (Å²) in [4.78, 5) is 20.1. The van der Waals surface area contributed by atoms with Crippen molar-refractivity contribution in [2.75, 3.05) is 41.3 Å². The average molecular weight is 334 g/mol. The zero-order valence-electron chi connectivity index (χ0n) is 15.5. The molecule has 1 amide bonds. The lowest BCUT2D eigenvalue weighted by molar-refractivity contribution is -0.127. The molecule has 1 rings (SSSR count). The monoisotopic (exact) mass is 334 g/mol. The van der Waals surface area contributed by atoms with E-state index in [-0.39, 0.29) is 12.5 Å². The van der Waals surface area contributed by atoms with Crippen LogP contribution in [0.4, 0.5) is 0 Å². The fourth-order valence-electron chi connectivity index (χ4n) is 2.02. The lowest BCUT2D eigenvalue weighted by Gasteiger charge is -2.23. The van der Waals surface area contributed by atoms with Crippen molar-refractivity contribution in [1.82, 2.24) is 15.1 Å². The third-order valence-electron chi connectivity index (χ3n) is 3.68. The number of unbranched alkanes of at least 4 members (excludes halogenated alkanes) is 1. The van der Waals surface area contributed by atoms with Gasteiger partial charge < -0.3 is 19.9 Å². The first kappa shape index (κ1) is 19.8. The fraction of sp³-hybridized carbons (Fsp3) is 0.556. The molecule has 1 aromatic rings. The molecule has 1 aromatic carbocycles. The third-order valence-corrected chi connectivity index (χ3v) is 3.68. The van der Waals surface area contributed by atoms with Crippen molar-refractivity contribution >= 4 is 11.9 Å². The molecule has 0 spiro atoms. The van der Waals surface area contributed by atoms with Gasteiger partial charge in [-0.05, 0) is 24.1 Å². The van der Waals surface area contributed by atoms with Crippen LogP contribution in [-0.4, -0.2) is 63.0 Å². The van der Waals surface area contributed by atoms with Gasteiger partial charge in [0.05, 0.1) is 20.2 Å². The van der Waals surface area contributed by atoms with Gasteiger partial charge in [0.15, 0.2) is 5.96 Å². The van der Waals surface area contributed by atoms with Crippen LogP contribution in [0, 0.1) is 0 Å². The highest BCUT2D eigenvalue weighted by Gasteiger charge is 2.09. The van der Waals surface area contributed by atoms with Crippen molar-refractivity contribution in [2.45, 2.75) is 26.3 Å². The van der Waals surface area contributed by atoms with E-state index < -0.39 is 0 Å². The second-order valence-corrected chi connectivity index (χ2v) is 5.90. The molecule has 0 heterocycles. The standard InChI is InChI=1S/C18H30N4O2/c1-6-7-12-22(4)18(20-14-17(23)21(2)3)19-13-15-8-10-16(24-5)11-9-15/h8-11H,6-7,12-14H2,1-5H3,(H,19,20). The first-order valence-electron chi connectivity index (χ1n) is 8.30. The maximum Gasteiger partial charge on any atom is 0.241 e. The maximum atomic E-state index is 11.8. The van der Waals surface area contributed by atoms with E-state index in [1.165, 1.54) is 0 Å². The number of guanidine groups is 1. The molecule has 1 N–H and O–H groups in total. The van der Waals surface area contributed by atoms with Crippen LogP contribution >= 0.6 is 0 Å². The topological polar surface area (TPSA) is 57.2 Å². The zero-order valence-corrected chi connectivity index (χ0v) is 15.5. The van der Waals surface area contributed by atoms with E-state index >= 15 is 0 Å². The van der Waals surface area contributed by atoms with Crippen molar-refractivity contribution in [3.05, 3.63) is 29.8 Å². The summed E-state index contributed by atoms with van der Waals surface area (Å²) in [6, 6.07) is 7.84. The molecule has 0 unspecified atom stereocenters. The second-order valence-electron chi connectivity index (χ2n) is 5.90. The van der Waals surface area contributed by atoms with Gasteiger partial charge in [0.25, 0.3) is 0 Å². The molecule has 0 saturated heterocycles. The van der Waals surface area contributed by atoms with Crippen LogP contribution in [0.1, 0.15) is 25.3 Å². The van der Waals surface area contributed by atoms with E-state index in [9.17, 15) is 4.79 Å². The highest BCUT2D eigenvalue weighted by molar-refractivity contribution is 5.86. The number of amides is 1. The van der Waals surface area contributed by atoms with Gasteiger partial charge in [-0.1, -0.05) is 25.5 Å². The van der Waals surface area contributed by atoms with Crippen molar-refractivity contribution in [2.24, 2.45) is 4.99 Å². The molecular weight excluding hydrogens is 304 g/mol. The van der Waals surface area contributed by atoms with Crippen molar-refractivity contribution in [3.8, 4) is 5.75 Å². The molecular formula is C18H30N4O2. The normalized spacial score (nSPS) is 11.1. The summed E-state index contributed by atoms with van der Waals surface area (Å²) in [5.41, 5.74) is 1.10. The average Bonchev–Trinajstić information content (AvgIpc) is 2.59. The minimum atomic E-state index is 0.0241. The fourth-order valence-corrected chi connectivity index (χ4v) is 2.02. The van der Waals surface area contributed by atoms with E-state index in [0.29, 0.717) is 6.54 Å². The predicted octanol–water partition coefficient (Wildman–Crippen LogP) is 1.96. The number of benzene rings is 1. The van der Waals surface area contributed by atoms with Crippen LogP contribution in [0.2, 0.25) is 0 Å². The third kappa shape index (κ3) is 6.89. The summed E-state index contributed by atoms with van der Waals surface area (Å²) in [5.74, 6) is 1.60. The summed E-state index contributed by atoms with van der Waals surface area (Å²) < 4.78 is 5.17. The number of aliphatic imine (C=N–C) groups is 1.